The van der Waals surface area contributed by atoms with E-state index in [0.29, 0.717) is 6.04 Å². The molecule has 1 aliphatic heterocycles. The van der Waals surface area contributed by atoms with Crippen molar-refractivity contribution in [2.24, 2.45) is 0 Å². The predicted molar refractivity (Wildman–Crippen MR) is 72.2 cm³/mol. The van der Waals surface area contributed by atoms with Crippen molar-refractivity contribution in [1.82, 2.24) is 5.32 Å². The highest BCUT2D eigenvalue weighted by Gasteiger charge is 2.38. The van der Waals surface area contributed by atoms with Gasteiger partial charge in [-0.05, 0) is 39.5 Å². The van der Waals surface area contributed by atoms with Crippen LogP contribution in [0.15, 0.2) is 11.6 Å². The molecule has 0 radical (unpaired) electrons. The third-order valence-corrected chi connectivity index (χ3v) is 4.17. The maximum Gasteiger partial charge on any atom is 0.0697 e. The molecule has 1 heterocycles. The van der Waals surface area contributed by atoms with Crippen LogP contribution in [0.1, 0.15) is 58.8 Å². The zero-order chi connectivity index (χ0) is 12.1. The van der Waals surface area contributed by atoms with Gasteiger partial charge in [-0.2, -0.15) is 0 Å². The Morgan fingerprint density at radius 1 is 1.29 bits per heavy atom. The summed E-state index contributed by atoms with van der Waals surface area (Å²) in [5.41, 5.74) is 1.64. The summed E-state index contributed by atoms with van der Waals surface area (Å²) < 4.78 is 6.11. The van der Waals surface area contributed by atoms with E-state index in [0.717, 1.165) is 13.2 Å². The Balaban J connectivity index is 1.82. The Morgan fingerprint density at radius 3 is 2.76 bits per heavy atom. The van der Waals surface area contributed by atoms with Gasteiger partial charge in [0.15, 0.2) is 0 Å². The average molecular weight is 237 g/mol. The standard InChI is InChI=1S/C15H27NO/c1-13(2)6-10-16-14-7-11-17-15(12-14)8-4-3-5-9-15/h6,14,16H,3-5,7-12H2,1-2H3. The monoisotopic (exact) mass is 237 g/mol. The first-order valence-corrected chi connectivity index (χ1v) is 7.21. The van der Waals surface area contributed by atoms with E-state index in [1.165, 1.54) is 50.5 Å². The number of nitrogens with one attached hydrogen (secondary N) is 1. The van der Waals surface area contributed by atoms with Crippen LogP contribution in [0.3, 0.4) is 0 Å². The van der Waals surface area contributed by atoms with Crippen LogP contribution in [0.5, 0.6) is 0 Å². The minimum Gasteiger partial charge on any atom is -0.375 e. The Hall–Kier alpha value is -0.340. The zero-order valence-corrected chi connectivity index (χ0v) is 11.4. The van der Waals surface area contributed by atoms with Gasteiger partial charge in [0, 0.05) is 19.2 Å². The van der Waals surface area contributed by atoms with Crippen molar-refractivity contribution < 1.29 is 4.74 Å². The van der Waals surface area contributed by atoms with Crippen LogP contribution in [0, 0.1) is 0 Å². The van der Waals surface area contributed by atoms with Gasteiger partial charge < -0.3 is 10.1 Å². The van der Waals surface area contributed by atoms with Crippen LogP contribution in [0.2, 0.25) is 0 Å². The number of hydrogen-bond acceptors (Lipinski definition) is 2. The van der Waals surface area contributed by atoms with Crippen molar-refractivity contribution in [2.45, 2.75) is 70.4 Å². The lowest BCUT2D eigenvalue weighted by molar-refractivity contribution is -0.108. The van der Waals surface area contributed by atoms with Gasteiger partial charge in [0.25, 0.3) is 0 Å². The van der Waals surface area contributed by atoms with E-state index in [1.54, 1.807) is 0 Å². The largest absolute Gasteiger partial charge is 0.375 e. The van der Waals surface area contributed by atoms with E-state index in [-0.39, 0.29) is 5.60 Å². The highest BCUT2D eigenvalue weighted by molar-refractivity contribution is 4.97. The summed E-state index contributed by atoms with van der Waals surface area (Å²) in [7, 11) is 0. The first-order valence-electron chi connectivity index (χ1n) is 7.21. The van der Waals surface area contributed by atoms with Gasteiger partial charge in [-0.25, -0.2) is 0 Å². The first-order chi connectivity index (χ1) is 8.20. The van der Waals surface area contributed by atoms with E-state index in [1.807, 2.05) is 0 Å². The van der Waals surface area contributed by atoms with Crippen LogP contribution in [-0.4, -0.2) is 24.8 Å². The van der Waals surface area contributed by atoms with Crippen LogP contribution >= 0.6 is 0 Å². The van der Waals surface area contributed by atoms with E-state index in [9.17, 15) is 0 Å². The fourth-order valence-electron chi connectivity index (χ4n) is 3.18. The van der Waals surface area contributed by atoms with Gasteiger partial charge in [-0.15, -0.1) is 0 Å². The number of ether oxygens (including phenoxy) is 1. The van der Waals surface area contributed by atoms with Crippen LogP contribution in [-0.2, 0) is 4.74 Å². The minimum absolute atomic E-state index is 0.235. The fourth-order valence-corrected chi connectivity index (χ4v) is 3.18. The Bertz CT molecular complexity index is 257. The van der Waals surface area contributed by atoms with E-state index >= 15 is 0 Å². The Morgan fingerprint density at radius 2 is 2.06 bits per heavy atom. The molecular formula is C15H27NO. The third-order valence-electron chi connectivity index (χ3n) is 4.17. The quantitative estimate of drug-likeness (QED) is 0.759. The molecule has 0 aromatic heterocycles. The zero-order valence-electron chi connectivity index (χ0n) is 11.4. The van der Waals surface area contributed by atoms with E-state index in [2.05, 4.69) is 25.2 Å². The molecule has 98 valence electrons. The maximum atomic E-state index is 6.11. The summed E-state index contributed by atoms with van der Waals surface area (Å²) in [6, 6.07) is 0.664. The molecule has 1 saturated heterocycles. The third kappa shape index (κ3) is 3.82. The van der Waals surface area contributed by atoms with Gasteiger partial charge >= 0.3 is 0 Å². The molecule has 1 atom stereocenters. The molecule has 2 nitrogen and oxygen atoms in total. The smallest absolute Gasteiger partial charge is 0.0697 e. The van der Waals surface area contributed by atoms with Crippen molar-refractivity contribution >= 4 is 0 Å². The van der Waals surface area contributed by atoms with Crippen molar-refractivity contribution in [2.75, 3.05) is 13.2 Å². The topological polar surface area (TPSA) is 21.3 Å². The highest BCUT2D eigenvalue weighted by Crippen LogP contribution is 2.38. The van der Waals surface area contributed by atoms with Gasteiger partial charge in [0.2, 0.25) is 0 Å². The molecule has 2 aliphatic rings. The summed E-state index contributed by atoms with van der Waals surface area (Å²) in [4.78, 5) is 0. The molecular weight excluding hydrogens is 210 g/mol. The molecule has 1 aliphatic carbocycles. The fraction of sp³-hybridized carbons (Fsp3) is 0.867. The molecule has 0 bridgehead atoms. The molecule has 0 aromatic carbocycles. The summed E-state index contributed by atoms with van der Waals surface area (Å²) in [5.74, 6) is 0. The van der Waals surface area contributed by atoms with Crippen LogP contribution < -0.4 is 5.32 Å². The second kappa shape index (κ2) is 6.01. The molecule has 0 aromatic rings. The summed E-state index contributed by atoms with van der Waals surface area (Å²) in [6.45, 7) is 6.29. The summed E-state index contributed by atoms with van der Waals surface area (Å²) in [6.07, 6.45) is 11.4. The highest BCUT2D eigenvalue weighted by atomic mass is 16.5. The lowest BCUT2D eigenvalue weighted by atomic mass is 9.78. The SMILES string of the molecule is CC(C)=CCNC1CCOC2(CCCCC2)C1. The predicted octanol–water partition coefficient (Wildman–Crippen LogP) is 3.42. The van der Waals surface area contributed by atoms with E-state index < -0.39 is 0 Å². The van der Waals surface area contributed by atoms with E-state index in [4.69, 9.17) is 4.74 Å². The maximum absolute atomic E-state index is 6.11. The van der Waals surface area contributed by atoms with Crippen molar-refractivity contribution in [3.8, 4) is 0 Å². The molecule has 2 fully saturated rings. The molecule has 0 amide bonds. The normalized spacial score (nSPS) is 28.0. The van der Waals surface area contributed by atoms with Gasteiger partial charge in [-0.3, -0.25) is 0 Å². The van der Waals surface area contributed by atoms with Gasteiger partial charge in [0.05, 0.1) is 5.60 Å². The minimum atomic E-state index is 0.235. The molecule has 1 N–H and O–H groups in total. The Kier molecular flexibility index (Phi) is 4.63. The summed E-state index contributed by atoms with van der Waals surface area (Å²) in [5, 5.41) is 3.67. The molecule has 2 heteroatoms. The van der Waals surface area contributed by atoms with Gasteiger partial charge in [0.1, 0.15) is 0 Å². The van der Waals surface area contributed by atoms with Crippen LogP contribution in [0.25, 0.3) is 0 Å². The second-order valence-electron chi connectivity index (χ2n) is 5.97. The number of rotatable bonds is 3. The average Bonchev–Trinajstić information content (AvgIpc) is 2.29. The van der Waals surface area contributed by atoms with Gasteiger partial charge in [-0.1, -0.05) is 30.9 Å². The molecule has 1 saturated carbocycles. The number of hydrogen-bond donors (Lipinski definition) is 1. The van der Waals surface area contributed by atoms with Crippen molar-refractivity contribution in [3.63, 3.8) is 0 Å². The lowest BCUT2D eigenvalue weighted by Gasteiger charge is -2.43. The van der Waals surface area contributed by atoms with Crippen molar-refractivity contribution in [1.29, 1.82) is 0 Å². The Labute approximate surface area is 106 Å². The molecule has 1 spiro atoms. The first kappa shape index (κ1) is 13.1. The second-order valence-corrected chi connectivity index (χ2v) is 5.97. The molecule has 17 heavy (non-hydrogen) atoms. The van der Waals surface area contributed by atoms with Crippen molar-refractivity contribution in [3.05, 3.63) is 11.6 Å². The lowest BCUT2D eigenvalue weighted by Crippen LogP contribution is -2.48. The van der Waals surface area contributed by atoms with Crippen LogP contribution in [0.4, 0.5) is 0 Å². The number of allylic oxidation sites excluding steroid dienone is 1. The summed E-state index contributed by atoms with van der Waals surface area (Å²) >= 11 is 0. The molecule has 1 unspecified atom stereocenters. The molecule has 2 rings (SSSR count).